The molecule has 2 heterocycles. The average molecular weight is 427 g/mol. The predicted molar refractivity (Wildman–Crippen MR) is 117 cm³/mol. The van der Waals surface area contributed by atoms with E-state index in [2.05, 4.69) is 6.58 Å². The summed E-state index contributed by atoms with van der Waals surface area (Å²) in [6.07, 6.45) is 5.37. The number of carbonyl (C=O) groups excluding carboxylic acids is 2. The van der Waals surface area contributed by atoms with Crippen molar-refractivity contribution in [1.82, 2.24) is 9.80 Å². The average Bonchev–Trinajstić information content (AvgIpc) is 3.48. The third-order valence-corrected chi connectivity index (χ3v) is 5.27. The molecule has 31 heavy (non-hydrogen) atoms. The molecule has 1 aromatic heterocycles. The highest BCUT2D eigenvalue weighted by Crippen LogP contribution is 2.17. The Bertz CT molecular complexity index is 841. The van der Waals surface area contributed by atoms with E-state index in [4.69, 9.17) is 13.9 Å². The molecule has 0 spiro atoms. The maximum atomic E-state index is 13.2. The van der Waals surface area contributed by atoms with Crippen molar-refractivity contribution in [3.63, 3.8) is 0 Å². The number of hydrogen-bond donors (Lipinski definition) is 0. The van der Waals surface area contributed by atoms with Crippen LogP contribution in [0.2, 0.25) is 0 Å². The van der Waals surface area contributed by atoms with Gasteiger partial charge in [0.25, 0.3) is 0 Å². The molecule has 1 fully saturated rings. The fraction of sp³-hybridized carbons (Fsp3) is 0.417. The molecule has 1 aromatic carbocycles. The molecule has 2 aromatic rings. The predicted octanol–water partition coefficient (Wildman–Crippen LogP) is 3.05. The summed E-state index contributed by atoms with van der Waals surface area (Å²) in [5, 5.41) is 0. The summed E-state index contributed by atoms with van der Waals surface area (Å²) < 4.78 is 16.3. The summed E-state index contributed by atoms with van der Waals surface area (Å²) in [5.41, 5.74) is 0.860. The third kappa shape index (κ3) is 6.72. The Labute approximate surface area is 183 Å². The normalized spacial score (nSPS) is 15.5. The van der Waals surface area contributed by atoms with Gasteiger partial charge in [0.15, 0.2) is 0 Å². The van der Waals surface area contributed by atoms with Gasteiger partial charge in [-0.2, -0.15) is 0 Å². The molecule has 1 unspecified atom stereocenters. The zero-order chi connectivity index (χ0) is 22.1. The molecule has 1 aliphatic heterocycles. The van der Waals surface area contributed by atoms with Crippen molar-refractivity contribution in [3.05, 3.63) is 66.6 Å². The topological polar surface area (TPSA) is 72.2 Å². The van der Waals surface area contributed by atoms with E-state index in [9.17, 15) is 9.59 Å². The highest BCUT2D eigenvalue weighted by molar-refractivity contribution is 5.86. The second kappa shape index (κ2) is 11.4. The molecule has 1 atom stereocenters. The molecule has 7 nitrogen and oxygen atoms in total. The van der Waals surface area contributed by atoms with E-state index in [0.29, 0.717) is 25.4 Å². The van der Waals surface area contributed by atoms with Crippen LogP contribution < -0.4 is 4.74 Å². The Kier molecular flexibility index (Phi) is 8.29. The Morgan fingerprint density at radius 1 is 1.19 bits per heavy atom. The largest absolute Gasteiger partial charge is 0.497 e. The van der Waals surface area contributed by atoms with Gasteiger partial charge in [-0.1, -0.05) is 18.2 Å². The number of carbonyl (C=O) groups is 2. The molecular weight excluding hydrogens is 396 g/mol. The second-order valence-electron chi connectivity index (χ2n) is 7.58. The fourth-order valence-electron chi connectivity index (χ4n) is 3.58. The molecule has 0 N–H and O–H groups in total. The number of ether oxygens (including phenoxy) is 2. The van der Waals surface area contributed by atoms with E-state index in [-0.39, 0.29) is 30.9 Å². The Balaban J connectivity index is 1.65. The highest BCUT2D eigenvalue weighted by Gasteiger charge is 2.26. The summed E-state index contributed by atoms with van der Waals surface area (Å²) in [5.74, 6) is 1.16. The molecule has 0 aliphatic carbocycles. The lowest BCUT2D eigenvalue weighted by Gasteiger charge is -2.28. The summed E-state index contributed by atoms with van der Waals surface area (Å²) in [4.78, 5) is 29.3. The van der Waals surface area contributed by atoms with E-state index < -0.39 is 0 Å². The first-order valence-electron chi connectivity index (χ1n) is 10.5. The molecule has 0 bridgehead atoms. The Morgan fingerprint density at radius 3 is 2.61 bits per heavy atom. The van der Waals surface area contributed by atoms with Crippen molar-refractivity contribution in [2.75, 3.05) is 33.4 Å². The molecule has 1 saturated heterocycles. The van der Waals surface area contributed by atoms with Crippen molar-refractivity contribution in [1.29, 1.82) is 0 Å². The maximum absolute atomic E-state index is 13.2. The first-order chi connectivity index (χ1) is 15.1. The van der Waals surface area contributed by atoms with E-state index in [1.807, 2.05) is 30.3 Å². The molecule has 0 radical (unpaired) electrons. The number of benzene rings is 1. The van der Waals surface area contributed by atoms with Gasteiger partial charge in [-0.3, -0.25) is 9.59 Å². The quantitative estimate of drug-likeness (QED) is 0.517. The SMILES string of the molecule is C=CCN(CC(=O)N(Cc1ccco1)CC1CCCO1)C(=O)Cc1ccc(OC)cc1. The van der Waals surface area contributed by atoms with Crippen molar-refractivity contribution >= 4 is 11.8 Å². The van der Waals surface area contributed by atoms with Gasteiger partial charge in [0.2, 0.25) is 11.8 Å². The van der Waals surface area contributed by atoms with Crippen molar-refractivity contribution < 1.29 is 23.5 Å². The van der Waals surface area contributed by atoms with Gasteiger partial charge >= 0.3 is 0 Å². The van der Waals surface area contributed by atoms with E-state index in [1.165, 1.54) is 4.90 Å². The summed E-state index contributed by atoms with van der Waals surface area (Å²) in [6, 6.07) is 11.0. The zero-order valence-electron chi connectivity index (χ0n) is 18.0. The highest BCUT2D eigenvalue weighted by atomic mass is 16.5. The van der Waals surface area contributed by atoms with Crippen LogP contribution in [-0.2, 0) is 27.3 Å². The van der Waals surface area contributed by atoms with Gasteiger partial charge in [0.1, 0.15) is 18.1 Å². The van der Waals surface area contributed by atoms with Gasteiger partial charge in [-0.25, -0.2) is 0 Å². The van der Waals surface area contributed by atoms with Crippen LogP contribution in [0.5, 0.6) is 5.75 Å². The van der Waals surface area contributed by atoms with E-state index in [1.54, 1.807) is 30.4 Å². The number of methoxy groups -OCH3 is 1. The third-order valence-electron chi connectivity index (χ3n) is 5.27. The van der Waals surface area contributed by atoms with E-state index >= 15 is 0 Å². The second-order valence-corrected chi connectivity index (χ2v) is 7.58. The van der Waals surface area contributed by atoms with Crippen molar-refractivity contribution in [2.45, 2.75) is 31.9 Å². The van der Waals surface area contributed by atoms with Crippen LogP contribution in [0.15, 0.2) is 59.7 Å². The first-order valence-corrected chi connectivity index (χ1v) is 10.5. The summed E-state index contributed by atoms with van der Waals surface area (Å²) in [7, 11) is 1.60. The number of rotatable bonds is 11. The number of nitrogens with zero attached hydrogens (tertiary/aromatic N) is 2. The minimum absolute atomic E-state index is 0.0155. The van der Waals surface area contributed by atoms with Crippen molar-refractivity contribution in [2.24, 2.45) is 0 Å². The standard InChI is InChI=1S/C24H30N2O5/c1-3-12-25(23(27)15-19-8-10-20(29-2)11-9-19)18-24(28)26(16-21-6-4-13-30-21)17-22-7-5-14-31-22/h3-4,6,8-11,13,22H,1,5,7,12,14-18H2,2H3. The zero-order valence-corrected chi connectivity index (χ0v) is 18.0. The molecule has 7 heteroatoms. The van der Waals surface area contributed by atoms with Gasteiger partial charge in [-0.15, -0.1) is 6.58 Å². The van der Waals surface area contributed by atoms with Crippen LogP contribution in [0, 0.1) is 0 Å². The lowest BCUT2D eigenvalue weighted by Crippen LogP contribution is -2.45. The van der Waals surface area contributed by atoms with Crippen LogP contribution in [0.25, 0.3) is 0 Å². The summed E-state index contributed by atoms with van der Waals surface area (Å²) >= 11 is 0. The number of furan rings is 1. The van der Waals surface area contributed by atoms with Gasteiger partial charge in [0, 0.05) is 19.7 Å². The van der Waals surface area contributed by atoms with Crippen molar-refractivity contribution in [3.8, 4) is 5.75 Å². The summed E-state index contributed by atoms with van der Waals surface area (Å²) in [6.45, 7) is 5.57. The lowest BCUT2D eigenvalue weighted by molar-refractivity contribution is -0.141. The monoisotopic (exact) mass is 426 g/mol. The smallest absolute Gasteiger partial charge is 0.242 e. The molecule has 2 amide bonds. The van der Waals surface area contributed by atoms with Gasteiger partial charge in [0.05, 0.1) is 32.4 Å². The molecule has 1 aliphatic rings. The molecular formula is C24H30N2O5. The number of amides is 2. The van der Waals surface area contributed by atoms with Crippen LogP contribution in [0.3, 0.4) is 0 Å². The first kappa shape index (κ1) is 22.6. The van der Waals surface area contributed by atoms with Crippen LogP contribution >= 0.6 is 0 Å². The Morgan fingerprint density at radius 2 is 2.00 bits per heavy atom. The van der Waals surface area contributed by atoms with Crippen LogP contribution in [0.4, 0.5) is 0 Å². The molecule has 166 valence electrons. The van der Waals surface area contributed by atoms with Crippen LogP contribution in [0.1, 0.15) is 24.2 Å². The molecule has 3 rings (SSSR count). The molecule has 0 saturated carbocycles. The van der Waals surface area contributed by atoms with Gasteiger partial charge < -0.3 is 23.7 Å². The minimum Gasteiger partial charge on any atom is -0.497 e. The van der Waals surface area contributed by atoms with Gasteiger partial charge in [-0.05, 0) is 42.7 Å². The fourth-order valence-corrected chi connectivity index (χ4v) is 3.58. The maximum Gasteiger partial charge on any atom is 0.242 e. The van der Waals surface area contributed by atoms with E-state index in [0.717, 1.165) is 30.8 Å². The number of hydrogen-bond acceptors (Lipinski definition) is 5. The lowest BCUT2D eigenvalue weighted by atomic mass is 10.1. The van der Waals surface area contributed by atoms with Crippen LogP contribution in [-0.4, -0.2) is 61.1 Å². The minimum atomic E-state index is -0.142. The Hall–Kier alpha value is -3.06.